The maximum atomic E-state index is 13.0. The van der Waals surface area contributed by atoms with Gasteiger partial charge in [0.2, 0.25) is 10.0 Å². The Bertz CT molecular complexity index is 1030. The van der Waals surface area contributed by atoms with Crippen LogP contribution >= 0.6 is 23.2 Å². The molecule has 0 unspecified atom stereocenters. The molecule has 2 aromatic carbocycles. The molecule has 156 valence electrons. The van der Waals surface area contributed by atoms with E-state index in [2.05, 4.69) is 10.6 Å². The van der Waals surface area contributed by atoms with Gasteiger partial charge in [-0.2, -0.15) is 4.31 Å². The van der Waals surface area contributed by atoms with Crippen molar-refractivity contribution in [1.29, 1.82) is 0 Å². The summed E-state index contributed by atoms with van der Waals surface area (Å²) in [5, 5.41) is 25.0. The van der Waals surface area contributed by atoms with Crippen LogP contribution in [0.15, 0.2) is 41.3 Å². The molecule has 2 aromatic rings. The molecule has 0 aromatic heterocycles. The number of phenolic OH excluding ortho intramolecular Hbond substituents is 1. The fraction of sp³-hybridized carbons (Fsp3) is 0.278. The van der Waals surface area contributed by atoms with Crippen molar-refractivity contribution in [2.24, 2.45) is 0 Å². The molecule has 1 saturated heterocycles. The molecule has 1 aliphatic heterocycles. The third-order valence-corrected chi connectivity index (χ3v) is 7.34. The van der Waals surface area contributed by atoms with E-state index in [0.717, 1.165) is 4.31 Å². The Morgan fingerprint density at radius 1 is 1.10 bits per heavy atom. The van der Waals surface area contributed by atoms with E-state index in [9.17, 15) is 23.4 Å². The van der Waals surface area contributed by atoms with Crippen molar-refractivity contribution in [3.05, 3.63) is 46.4 Å². The lowest BCUT2D eigenvalue weighted by atomic mass is 10.2. The first-order chi connectivity index (χ1) is 13.8. The summed E-state index contributed by atoms with van der Waals surface area (Å²) in [7, 11) is -4.19. The van der Waals surface area contributed by atoms with Crippen LogP contribution in [0.3, 0.4) is 0 Å². The Morgan fingerprint density at radius 2 is 1.79 bits per heavy atom. The molecule has 0 aliphatic carbocycles. The highest BCUT2D eigenvalue weighted by Gasteiger charge is 2.38. The number of carbonyl (C=O) groups is 1. The van der Waals surface area contributed by atoms with Crippen molar-refractivity contribution in [3.63, 3.8) is 0 Å². The summed E-state index contributed by atoms with van der Waals surface area (Å²) in [5.74, 6) is -0.685. The van der Waals surface area contributed by atoms with Gasteiger partial charge in [0.25, 0.3) is 0 Å². The molecule has 8 nitrogen and oxygen atoms in total. The largest absolute Gasteiger partial charge is 0.504 e. The average Bonchev–Trinajstić information content (AvgIpc) is 3.16. The lowest BCUT2D eigenvalue weighted by molar-refractivity contribution is 0.213. The molecule has 0 spiro atoms. The topological polar surface area (TPSA) is 119 Å². The van der Waals surface area contributed by atoms with Crippen LogP contribution in [0.4, 0.5) is 16.2 Å². The highest BCUT2D eigenvalue weighted by Crippen LogP contribution is 2.40. The van der Waals surface area contributed by atoms with E-state index in [4.69, 9.17) is 23.2 Å². The minimum atomic E-state index is -4.19. The van der Waals surface area contributed by atoms with Gasteiger partial charge >= 0.3 is 6.03 Å². The van der Waals surface area contributed by atoms with Crippen molar-refractivity contribution in [1.82, 2.24) is 4.31 Å². The third-order valence-electron chi connectivity index (χ3n) is 4.55. The van der Waals surface area contributed by atoms with Gasteiger partial charge in [-0.3, -0.25) is 0 Å². The Kier molecular flexibility index (Phi) is 6.55. The van der Waals surface area contributed by atoms with Gasteiger partial charge in [-0.15, -0.1) is 0 Å². The molecular formula is C18H19Cl2N3O5S. The first kappa shape index (κ1) is 21.7. The fourth-order valence-corrected chi connectivity index (χ4v) is 5.62. The van der Waals surface area contributed by atoms with Gasteiger partial charge in [0, 0.05) is 12.6 Å². The number of para-hydroxylation sites is 1. The van der Waals surface area contributed by atoms with Crippen LogP contribution in [-0.4, -0.2) is 48.2 Å². The normalized spacial score (nSPS) is 17.3. The number of nitrogens with zero attached hydrogens (tertiary/aromatic N) is 1. The number of carbonyl (C=O) groups excluding carboxylic acids is 1. The molecule has 29 heavy (non-hydrogen) atoms. The third kappa shape index (κ3) is 4.44. The number of phenols is 1. The molecule has 0 bridgehead atoms. The van der Waals surface area contributed by atoms with Crippen molar-refractivity contribution >= 4 is 50.6 Å². The molecule has 2 amide bonds. The van der Waals surface area contributed by atoms with E-state index in [0.29, 0.717) is 23.6 Å². The van der Waals surface area contributed by atoms with Crippen LogP contribution in [0.5, 0.6) is 5.75 Å². The summed E-state index contributed by atoms with van der Waals surface area (Å²) in [6, 6.07) is 7.80. The zero-order valence-corrected chi connectivity index (χ0v) is 17.4. The van der Waals surface area contributed by atoms with Gasteiger partial charge in [-0.05, 0) is 37.1 Å². The second-order valence-corrected chi connectivity index (χ2v) is 9.07. The van der Waals surface area contributed by atoms with Crippen LogP contribution in [0.1, 0.15) is 12.8 Å². The lowest BCUT2D eigenvalue weighted by Crippen LogP contribution is -2.37. The molecule has 0 saturated carbocycles. The van der Waals surface area contributed by atoms with Crippen LogP contribution in [0.25, 0.3) is 0 Å². The van der Waals surface area contributed by atoms with E-state index in [1.54, 1.807) is 24.3 Å². The van der Waals surface area contributed by atoms with Gasteiger partial charge in [0.15, 0.2) is 5.75 Å². The van der Waals surface area contributed by atoms with Gasteiger partial charge in [0.05, 0.1) is 28.0 Å². The number of aliphatic hydroxyl groups is 1. The summed E-state index contributed by atoms with van der Waals surface area (Å²) in [5.41, 5.74) is 0.202. The highest BCUT2D eigenvalue weighted by molar-refractivity contribution is 7.89. The van der Waals surface area contributed by atoms with E-state index >= 15 is 0 Å². The fourth-order valence-electron chi connectivity index (χ4n) is 3.16. The standard InChI is InChI=1S/C18H19Cl2N3O5S/c19-12-5-1-2-6-14(12)21-18(26)22-15-8-7-13(20)17(16(15)25)29(27,28)23-9-3-4-11(23)10-24/h1-2,5-8,11,24-25H,3-4,9-10H2,(H2,21,22,26)/t11-/m0/s1. The second kappa shape index (κ2) is 8.76. The number of benzene rings is 2. The number of urea groups is 1. The summed E-state index contributed by atoms with van der Waals surface area (Å²) < 4.78 is 27.2. The number of anilines is 2. The molecule has 4 N–H and O–H groups in total. The predicted octanol–water partition coefficient (Wildman–Crippen LogP) is 3.49. The number of hydrogen-bond donors (Lipinski definition) is 4. The van der Waals surface area contributed by atoms with E-state index < -0.39 is 32.7 Å². The molecule has 1 atom stereocenters. The Morgan fingerprint density at radius 3 is 2.48 bits per heavy atom. The van der Waals surface area contributed by atoms with Crippen LogP contribution < -0.4 is 10.6 Å². The van der Waals surface area contributed by atoms with Gasteiger partial charge in [-0.1, -0.05) is 35.3 Å². The van der Waals surface area contributed by atoms with Crippen LogP contribution in [0.2, 0.25) is 10.0 Å². The highest BCUT2D eigenvalue weighted by atomic mass is 35.5. The summed E-state index contributed by atoms with van der Waals surface area (Å²) in [6.07, 6.45) is 1.09. The smallest absolute Gasteiger partial charge is 0.323 e. The molecule has 11 heteroatoms. The van der Waals surface area contributed by atoms with Crippen molar-refractivity contribution in [3.8, 4) is 5.75 Å². The predicted molar refractivity (Wildman–Crippen MR) is 111 cm³/mol. The Balaban J connectivity index is 1.89. The first-order valence-corrected chi connectivity index (χ1v) is 10.9. The van der Waals surface area contributed by atoms with Gasteiger partial charge in [0.1, 0.15) is 4.90 Å². The summed E-state index contributed by atoms with van der Waals surface area (Å²) in [6.45, 7) is -0.135. The van der Waals surface area contributed by atoms with E-state index in [-0.39, 0.29) is 23.9 Å². The number of rotatable bonds is 5. The van der Waals surface area contributed by atoms with Crippen LogP contribution in [-0.2, 0) is 10.0 Å². The second-order valence-electron chi connectivity index (χ2n) is 6.43. The lowest BCUT2D eigenvalue weighted by Gasteiger charge is -2.24. The molecule has 1 fully saturated rings. The number of aromatic hydroxyl groups is 1. The SMILES string of the molecule is O=C(Nc1ccccc1Cl)Nc1ccc(Cl)c(S(=O)(=O)N2CCC[C@H]2CO)c1O. The molecule has 0 radical (unpaired) electrons. The minimum Gasteiger partial charge on any atom is -0.504 e. The Labute approximate surface area is 178 Å². The zero-order valence-electron chi connectivity index (χ0n) is 15.1. The number of halogens is 2. The number of nitrogens with one attached hydrogen (secondary N) is 2. The quantitative estimate of drug-likeness (QED) is 0.510. The molecular weight excluding hydrogens is 441 g/mol. The average molecular weight is 460 g/mol. The maximum Gasteiger partial charge on any atom is 0.323 e. The zero-order chi connectivity index (χ0) is 21.2. The minimum absolute atomic E-state index is 0.141. The molecule has 1 aliphatic rings. The maximum absolute atomic E-state index is 13.0. The number of hydrogen-bond acceptors (Lipinski definition) is 5. The first-order valence-electron chi connectivity index (χ1n) is 8.72. The van der Waals surface area contributed by atoms with Crippen molar-refractivity contribution in [2.45, 2.75) is 23.8 Å². The monoisotopic (exact) mass is 459 g/mol. The van der Waals surface area contributed by atoms with Crippen LogP contribution in [0, 0.1) is 0 Å². The number of sulfonamides is 1. The van der Waals surface area contributed by atoms with E-state index in [1.165, 1.54) is 12.1 Å². The van der Waals surface area contributed by atoms with Gasteiger partial charge < -0.3 is 20.8 Å². The Hall–Kier alpha value is -2.04. The molecule has 1 heterocycles. The van der Waals surface area contributed by atoms with Crippen molar-refractivity contribution < 1.29 is 23.4 Å². The van der Waals surface area contributed by atoms with Crippen molar-refractivity contribution in [2.75, 3.05) is 23.8 Å². The van der Waals surface area contributed by atoms with Gasteiger partial charge in [-0.25, -0.2) is 13.2 Å². The van der Waals surface area contributed by atoms with E-state index in [1.807, 2.05) is 0 Å². The number of amides is 2. The summed E-state index contributed by atoms with van der Waals surface area (Å²) >= 11 is 12.1. The number of aliphatic hydroxyl groups excluding tert-OH is 1. The summed E-state index contributed by atoms with van der Waals surface area (Å²) in [4.78, 5) is 11.8. The molecule has 3 rings (SSSR count).